The van der Waals surface area contributed by atoms with Crippen LogP contribution in [0, 0.1) is 11.3 Å². The lowest BCUT2D eigenvalue weighted by Crippen LogP contribution is -2.10. The lowest BCUT2D eigenvalue weighted by atomic mass is 9.93. The number of ketones is 1. The van der Waals surface area contributed by atoms with Gasteiger partial charge in [-0.15, -0.1) is 0 Å². The molecule has 19 heavy (non-hydrogen) atoms. The van der Waals surface area contributed by atoms with Crippen LogP contribution in [0.1, 0.15) is 37.7 Å². The van der Waals surface area contributed by atoms with E-state index in [1.165, 1.54) is 7.11 Å². The van der Waals surface area contributed by atoms with Crippen molar-refractivity contribution >= 4 is 5.78 Å². The van der Waals surface area contributed by atoms with Crippen LogP contribution in [0.15, 0.2) is 18.2 Å². The van der Waals surface area contributed by atoms with Crippen molar-refractivity contribution in [3.8, 4) is 17.6 Å². The fourth-order valence-electron chi connectivity index (χ4n) is 1.86. The first-order chi connectivity index (χ1) is 9.17. The summed E-state index contributed by atoms with van der Waals surface area (Å²) < 4.78 is 10.3. The lowest BCUT2D eigenvalue weighted by Gasteiger charge is -2.12. The molecule has 0 aliphatic rings. The number of Topliss-reactive ketones (excluding diaryl/α,β-unsaturated/α-hetero) is 1. The molecule has 4 nitrogen and oxygen atoms in total. The van der Waals surface area contributed by atoms with Crippen LogP contribution >= 0.6 is 0 Å². The molecule has 0 aliphatic heterocycles. The second-order valence-electron chi connectivity index (χ2n) is 4.25. The second kappa shape index (κ2) is 7.42. The first-order valence-corrected chi connectivity index (χ1v) is 6.32. The van der Waals surface area contributed by atoms with Gasteiger partial charge in [0.1, 0.15) is 5.92 Å². The fraction of sp³-hybridized carbons (Fsp3) is 0.467. The van der Waals surface area contributed by atoms with Gasteiger partial charge in [0.15, 0.2) is 17.3 Å². The molecular weight excluding hydrogens is 242 g/mol. The first-order valence-electron chi connectivity index (χ1n) is 6.32. The molecule has 4 heteroatoms. The zero-order valence-electron chi connectivity index (χ0n) is 11.6. The molecule has 0 radical (unpaired) electrons. The minimum Gasteiger partial charge on any atom is -0.493 e. The molecule has 1 aromatic carbocycles. The molecule has 0 bridgehead atoms. The van der Waals surface area contributed by atoms with E-state index in [0.717, 1.165) is 12.8 Å². The van der Waals surface area contributed by atoms with Crippen molar-refractivity contribution in [1.82, 2.24) is 0 Å². The first kappa shape index (κ1) is 15.0. The van der Waals surface area contributed by atoms with Gasteiger partial charge in [-0.1, -0.05) is 19.4 Å². The molecule has 0 saturated carbocycles. The molecule has 1 unspecified atom stereocenters. The predicted molar refractivity (Wildman–Crippen MR) is 72.4 cm³/mol. The summed E-state index contributed by atoms with van der Waals surface area (Å²) in [7, 11) is 3.08. The number of benzene rings is 1. The van der Waals surface area contributed by atoms with Crippen LogP contribution in [-0.4, -0.2) is 20.0 Å². The van der Waals surface area contributed by atoms with Crippen LogP contribution < -0.4 is 9.47 Å². The van der Waals surface area contributed by atoms with Crippen LogP contribution in [0.2, 0.25) is 0 Å². The highest BCUT2D eigenvalue weighted by Gasteiger charge is 2.20. The number of nitriles is 1. The third kappa shape index (κ3) is 3.72. The Morgan fingerprint density at radius 1 is 1.32 bits per heavy atom. The summed E-state index contributed by atoms with van der Waals surface area (Å²) in [5, 5.41) is 9.20. The number of hydrogen-bond acceptors (Lipinski definition) is 4. The van der Waals surface area contributed by atoms with Gasteiger partial charge in [0, 0.05) is 6.42 Å². The quantitative estimate of drug-likeness (QED) is 0.756. The van der Waals surface area contributed by atoms with Gasteiger partial charge in [0.2, 0.25) is 0 Å². The Labute approximate surface area is 113 Å². The monoisotopic (exact) mass is 261 g/mol. The highest BCUT2D eigenvalue weighted by Crippen LogP contribution is 2.31. The molecule has 0 aromatic heterocycles. The van der Waals surface area contributed by atoms with Crippen molar-refractivity contribution in [2.45, 2.75) is 32.1 Å². The van der Waals surface area contributed by atoms with Gasteiger partial charge in [-0.25, -0.2) is 0 Å². The van der Waals surface area contributed by atoms with Crippen molar-refractivity contribution in [1.29, 1.82) is 5.26 Å². The van der Waals surface area contributed by atoms with E-state index in [1.54, 1.807) is 25.3 Å². The molecule has 0 fully saturated rings. The SMILES string of the molecule is CCCCC(=O)C(C#N)c1ccc(OC)c(OC)c1. The summed E-state index contributed by atoms with van der Waals surface area (Å²) in [4.78, 5) is 12.0. The molecule has 1 rings (SSSR count). The summed E-state index contributed by atoms with van der Waals surface area (Å²) in [6, 6.07) is 7.21. The minimum absolute atomic E-state index is 0.0448. The van der Waals surface area contributed by atoms with Crippen molar-refractivity contribution in [3.63, 3.8) is 0 Å². The summed E-state index contributed by atoms with van der Waals surface area (Å²) in [5.41, 5.74) is 0.654. The molecule has 0 N–H and O–H groups in total. The van der Waals surface area contributed by atoms with Crippen LogP contribution in [-0.2, 0) is 4.79 Å². The van der Waals surface area contributed by atoms with Gasteiger partial charge < -0.3 is 9.47 Å². The molecule has 0 aliphatic carbocycles. The summed E-state index contributed by atoms with van der Waals surface area (Å²) in [6.45, 7) is 2.02. The molecule has 0 amide bonds. The molecule has 0 heterocycles. The zero-order valence-corrected chi connectivity index (χ0v) is 11.6. The molecule has 1 aromatic rings. The molecular formula is C15H19NO3. The topological polar surface area (TPSA) is 59.3 Å². The highest BCUT2D eigenvalue weighted by molar-refractivity contribution is 5.88. The van der Waals surface area contributed by atoms with Crippen molar-refractivity contribution < 1.29 is 14.3 Å². The predicted octanol–water partition coefficient (Wildman–Crippen LogP) is 3.07. The van der Waals surface area contributed by atoms with Crippen molar-refractivity contribution in [2.75, 3.05) is 14.2 Å². The molecule has 0 spiro atoms. The third-order valence-electron chi connectivity index (χ3n) is 2.97. The van der Waals surface area contributed by atoms with Crippen LogP contribution in [0.3, 0.4) is 0 Å². The maximum Gasteiger partial charge on any atom is 0.161 e. The largest absolute Gasteiger partial charge is 0.493 e. The summed E-state index contributed by atoms with van der Waals surface area (Å²) in [6.07, 6.45) is 2.18. The van der Waals surface area contributed by atoms with E-state index < -0.39 is 5.92 Å². The van der Waals surface area contributed by atoms with Gasteiger partial charge in [-0.05, 0) is 24.1 Å². The number of carbonyl (C=O) groups is 1. The van der Waals surface area contributed by atoms with E-state index in [1.807, 2.05) is 6.92 Å². The number of ether oxygens (including phenoxy) is 2. The average Bonchev–Trinajstić information content (AvgIpc) is 2.45. The van der Waals surface area contributed by atoms with Gasteiger partial charge in [0.25, 0.3) is 0 Å². The number of carbonyl (C=O) groups excluding carboxylic acids is 1. The number of methoxy groups -OCH3 is 2. The highest BCUT2D eigenvalue weighted by atomic mass is 16.5. The van der Waals surface area contributed by atoms with E-state index in [4.69, 9.17) is 9.47 Å². The number of unbranched alkanes of at least 4 members (excludes halogenated alkanes) is 1. The van der Waals surface area contributed by atoms with E-state index in [-0.39, 0.29) is 5.78 Å². The van der Waals surface area contributed by atoms with E-state index in [2.05, 4.69) is 6.07 Å². The van der Waals surface area contributed by atoms with Crippen LogP contribution in [0.25, 0.3) is 0 Å². The number of rotatable bonds is 7. The Bertz CT molecular complexity index is 477. The standard InChI is InChI=1S/C15H19NO3/c1-4-5-6-13(17)12(10-16)11-7-8-14(18-2)15(9-11)19-3/h7-9,12H,4-6H2,1-3H3. The Morgan fingerprint density at radius 2 is 2.00 bits per heavy atom. The Hall–Kier alpha value is -2.02. The molecule has 1 atom stereocenters. The molecule has 0 saturated heterocycles. The Balaban J connectivity index is 2.99. The zero-order chi connectivity index (χ0) is 14.3. The smallest absolute Gasteiger partial charge is 0.161 e. The van der Waals surface area contributed by atoms with Crippen LogP contribution in [0.5, 0.6) is 11.5 Å². The van der Waals surface area contributed by atoms with Gasteiger partial charge >= 0.3 is 0 Å². The number of hydrogen-bond donors (Lipinski definition) is 0. The van der Waals surface area contributed by atoms with E-state index >= 15 is 0 Å². The third-order valence-corrected chi connectivity index (χ3v) is 2.97. The van der Waals surface area contributed by atoms with Crippen molar-refractivity contribution in [3.05, 3.63) is 23.8 Å². The Kier molecular flexibility index (Phi) is 5.87. The summed E-state index contributed by atoms with van der Waals surface area (Å²) in [5.74, 6) is 0.343. The van der Waals surface area contributed by atoms with E-state index in [0.29, 0.717) is 23.5 Å². The maximum absolute atomic E-state index is 12.0. The number of nitrogens with zero attached hydrogens (tertiary/aromatic N) is 1. The van der Waals surface area contributed by atoms with E-state index in [9.17, 15) is 10.1 Å². The lowest BCUT2D eigenvalue weighted by molar-refractivity contribution is -0.119. The summed E-state index contributed by atoms with van der Waals surface area (Å²) >= 11 is 0. The van der Waals surface area contributed by atoms with Gasteiger partial charge in [-0.3, -0.25) is 4.79 Å². The van der Waals surface area contributed by atoms with Gasteiger partial charge in [-0.2, -0.15) is 5.26 Å². The molecule has 102 valence electrons. The fourth-order valence-corrected chi connectivity index (χ4v) is 1.86. The Morgan fingerprint density at radius 3 is 2.53 bits per heavy atom. The minimum atomic E-state index is -0.730. The van der Waals surface area contributed by atoms with Crippen LogP contribution in [0.4, 0.5) is 0 Å². The van der Waals surface area contributed by atoms with Crippen molar-refractivity contribution in [2.24, 2.45) is 0 Å². The van der Waals surface area contributed by atoms with Gasteiger partial charge in [0.05, 0.1) is 20.3 Å². The normalized spacial score (nSPS) is 11.5. The maximum atomic E-state index is 12.0. The second-order valence-corrected chi connectivity index (χ2v) is 4.25. The average molecular weight is 261 g/mol.